The van der Waals surface area contributed by atoms with Crippen molar-refractivity contribution in [3.8, 4) is 0 Å². The molecule has 0 aromatic heterocycles. The zero-order valence-electron chi connectivity index (χ0n) is 14.0. The third-order valence-corrected chi connectivity index (χ3v) is 4.26. The lowest BCUT2D eigenvalue weighted by Gasteiger charge is -2.19. The Labute approximate surface area is 150 Å². The van der Waals surface area contributed by atoms with Gasteiger partial charge in [-0.25, -0.2) is 0 Å². The van der Waals surface area contributed by atoms with Gasteiger partial charge in [0.05, 0.1) is 12.2 Å². The van der Waals surface area contributed by atoms with Crippen LogP contribution in [0.25, 0.3) is 0 Å². The standard InChI is InChI=1S/C19H21BrN2O2/c1-19(2,3)14-10-8-13(9-11-14)18(24)21-12-17(23)22-16-7-5-4-6-15(16)20/h4-11H,12H2,1-3H3,(H,21,24)(H,22,23). The van der Waals surface area contributed by atoms with E-state index in [1.54, 1.807) is 18.2 Å². The molecule has 5 heteroatoms. The SMILES string of the molecule is CC(C)(C)c1ccc(C(=O)NCC(=O)Nc2ccccc2Br)cc1. The van der Waals surface area contributed by atoms with E-state index in [9.17, 15) is 9.59 Å². The summed E-state index contributed by atoms with van der Waals surface area (Å²) in [6, 6.07) is 14.8. The smallest absolute Gasteiger partial charge is 0.251 e. The summed E-state index contributed by atoms with van der Waals surface area (Å²) >= 11 is 3.36. The Morgan fingerprint density at radius 1 is 1.00 bits per heavy atom. The average molecular weight is 389 g/mol. The first-order valence-electron chi connectivity index (χ1n) is 7.70. The lowest BCUT2D eigenvalue weighted by molar-refractivity contribution is -0.115. The summed E-state index contributed by atoms with van der Waals surface area (Å²) in [5.74, 6) is -0.542. The number of benzene rings is 2. The summed E-state index contributed by atoms with van der Waals surface area (Å²) in [6.07, 6.45) is 0. The van der Waals surface area contributed by atoms with Crippen LogP contribution in [0.2, 0.25) is 0 Å². The molecule has 0 aliphatic rings. The molecule has 0 aliphatic heterocycles. The van der Waals surface area contributed by atoms with Crippen LogP contribution >= 0.6 is 15.9 Å². The third kappa shape index (κ3) is 4.93. The number of amides is 2. The van der Waals surface area contributed by atoms with Crippen LogP contribution in [-0.2, 0) is 10.2 Å². The van der Waals surface area contributed by atoms with Crippen LogP contribution in [-0.4, -0.2) is 18.4 Å². The fourth-order valence-corrected chi connectivity index (χ4v) is 2.53. The minimum atomic E-state index is -0.276. The second kappa shape index (κ2) is 7.62. The van der Waals surface area contributed by atoms with Crippen molar-refractivity contribution >= 4 is 33.4 Å². The van der Waals surface area contributed by atoms with Crippen LogP contribution in [0.1, 0.15) is 36.7 Å². The Morgan fingerprint density at radius 2 is 1.62 bits per heavy atom. The Hall–Kier alpha value is -2.14. The normalized spacial score (nSPS) is 11.0. The number of halogens is 1. The Kier molecular flexibility index (Phi) is 5.78. The van der Waals surface area contributed by atoms with E-state index in [1.807, 2.05) is 30.3 Å². The number of hydrogen-bond acceptors (Lipinski definition) is 2. The van der Waals surface area contributed by atoms with Crippen LogP contribution in [0, 0.1) is 0 Å². The van der Waals surface area contributed by atoms with Gasteiger partial charge in [0.2, 0.25) is 5.91 Å². The van der Waals surface area contributed by atoms with Crippen LogP contribution in [0.5, 0.6) is 0 Å². The van der Waals surface area contributed by atoms with E-state index in [1.165, 1.54) is 0 Å². The van der Waals surface area contributed by atoms with E-state index in [4.69, 9.17) is 0 Å². The molecule has 2 amide bonds. The molecular weight excluding hydrogens is 368 g/mol. The van der Waals surface area contributed by atoms with Crippen molar-refractivity contribution in [3.63, 3.8) is 0 Å². The van der Waals surface area contributed by atoms with Crippen molar-refractivity contribution in [2.45, 2.75) is 26.2 Å². The number of nitrogens with one attached hydrogen (secondary N) is 2. The van der Waals surface area contributed by atoms with Crippen molar-refractivity contribution in [3.05, 3.63) is 64.1 Å². The molecule has 0 saturated heterocycles. The highest BCUT2D eigenvalue weighted by atomic mass is 79.9. The fourth-order valence-electron chi connectivity index (χ4n) is 2.14. The molecule has 4 nitrogen and oxygen atoms in total. The molecule has 0 unspecified atom stereocenters. The van der Waals surface area contributed by atoms with Gasteiger partial charge in [0, 0.05) is 10.0 Å². The second-order valence-electron chi connectivity index (χ2n) is 6.54. The topological polar surface area (TPSA) is 58.2 Å². The predicted molar refractivity (Wildman–Crippen MR) is 100 cm³/mol. The Bertz CT molecular complexity index is 734. The van der Waals surface area contributed by atoms with E-state index in [0.29, 0.717) is 11.3 Å². The highest BCUT2D eigenvalue weighted by molar-refractivity contribution is 9.10. The van der Waals surface area contributed by atoms with Gasteiger partial charge in [0.25, 0.3) is 5.91 Å². The average Bonchev–Trinajstić information content (AvgIpc) is 2.54. The molecule has 0 saturated carbocycles. The molecule has 0 aliphatic carbocycles. The van der Waals surface area contributed by atoms with Crippen LogP contribution in [0.4, 0.5) is 5.69 Å². The van der Waals surface area contributed by atoms with Gasteiger partial charge in [-0.3, -0.25) is 9.59 Å². The Morgan fingerprint density at radius 3 is 2.21 bits per heavy atom. The van der Waals surface area contributed by atoms with Crippen LogP contribution in [0.15, 0.2) is 53.0 Å². The van der Waals surface area contributed by atoms with Gasteiger partial charge in [-0.1, -0.05) is 45.0 Å². The number of rotatable bonds is 4. The molecule has 126 valence electrons. The molecule has 0 radical (unpaired) electrons. The van der Waals surface area contributed by atoms with Crippen LogP contribution < -0.4 is 10.6 Å². The molecule has 0 spiro atoms. The first kappa shape index (κ1) is 18.2. The molecule has 2 rings (SSSR count). The summed E-state index contributed by atoms with van der Waals surface area (Å²) < 4.78 is 0.794. The summed E-state index contributed by atoms with van der Waals surface area (Å²) in [6.45, 7) is 6.28. The zero-order chi connectivity index (χ0) is 17.7. The molecule has 2 aromatic carbocycles. The molecule has 24 heavy (non-hydrogen) atoms. The monoisotopic (exact) mass is 388 g/mol. The number of carbonyl (C=O) groups is 2. The van der Waals surface area contributed by atoms with E-state index in [0.717, 1.165) is 10.0 Å². The Balaban J connectivity index is 1.91. The number of anilines is 1. The maximum Gasteiger partial charge on any atom is 0.251 e. The van der Waals surface area contributed by atoms with Gasteiger partial charge in [-0.15, -0.1) is 0 Å². The maximum atomic E-state index is 12.1. The van der Waals surface area contributed by atoms with Crippen molar-refractivity contribution in [1.29, 1.82) is 0 Å². The molecule has 0 bridgehead atoms. The second-order valence-corrected chi connectivity index (χ2v) is 7.39. The van der Waals surface area contributed by atoms with Crippen molar-refractivity contribution in [1.82, 2.24) is 5.32 Å². The number of carbonyl (C=O) groups excluding carboxylic acids is 2. The van der Waals surface area contributed by atoms with Gasteiger partial charge in [0.1, 0.15) is 0 Å². The quantitative estimate of drug-likeness (QED) is 0.827. The molecule has 0 fully saturated rings. The number of hydrogen-bond donors (Lipinski definition) is 2. The summed E-state index contributed by atoms with van der Waals surface area (Å²) in [7, 11) is 0. The van der Waals surface area contributed by atoms with Crippen molar-refractivity contribution < 1.29 is 9.59 Å². The van der Waals surface area contributed by atoms with Gasteiger partial charge in [-0.2, -0.15) is 0 Å². The van der Waals surface area contributed by atoms with Crippen molar-refractivity contribution in [2.24, 2.45) is 0 Å². The minimum absolute atomic E-state index is 0.0396. The summed E-state index contributed by atoms with van der Waals surface area (Å²) in [5.41, 5.74) is 2.41. The zero-order valence-corrected chi connectivity index (χ0v) is 15.6. The van der Waals surface area contributed by atoms with Crippen LogP contribution in [0.3, 0.4) is 0 Å². The van der Waals surface area contributed by atoms with E-state index >= 15 is 0 Å². The molecule has 0 heterocycles. The third-order valence-electron chi connectivity index (χ3n) is 3.57. The van der Waals surface area contributed by atoms with E-state index < -0.39 is 0 Å². The number of para-hydroxylation sites is 1. The van der Waals surface area contributed by atoms with Crippen molar-refractivity contribution in [2.75, 3.05) is 11.9 Å². The highest BCUT2D eigenvalue weighted by Crippen LogP contribution is 2.22. The largest absolute Gasteiger partial charge is 0.343 e. The first-order chi connectivity index (χ1) is 11.3. The van der Waals surface area contributed by atoms with Gasteiger partial charge < -0.3 is 10.6 Å². The highest BCUT2D eigenvalue weighted by Gasteiger charge is 2.14. The summed E-state index contributed by atoms with van der Waals surface area (Å²) in [4.78, 5) is 24.1. The lowest BCUT2D eigenvalue weighted by atomic mass is 9.87. The predicted octanol–water partition coefficient (Wildman–Crippen LogP) is 4.12. The lowest BCUT2D eigenvalue weighted by Crippen LogP contribution is -2.32. The van der Waals surface area contributed by atoms with Gasteiger partial charge >= 0.3 is 0 Å². The van der Waals surface area contributed by atoms with Gasteiger partial charge in [0.15, 0.2) is 0 Å². The van der Waals surface area contributed by atoms with E-state index in [-0.39, 0.29) is 23.8 Å². The molecular formula is C19H21BrN2O2. The summed E-state index contributed by atoms with van der Waals surface area (Å²) in [5, 5.41) is 5.38. The molecule has 2 aromatic rings. The first-order valence-corrected chi connectivity index (χ1v) is 8.50. The fraction of sp³-hybridized carbons (Fsp3) is 0.263. The maximum absolute atomic E-state index is 12.1. The van der Waals surface area contributed by atoms with Gasteiger partial charge in [-0.05, 0) is 51.2 Å². The van der Waals surface area contributed by atoms with E-state index in [2.05, 4.69) is 47.3 Å². The molecule has 2 N–H and O–H groups in total. The molecule has 0 atom stereocenters. The minimum Gasteiger partial charge on any atom is -0.343 e.